The first-order valence-corrected chi connectivity index (χ1v) is 9.12. The topological polar surface area (TPSA) is 118 Å². The third kappa shape index (κ3) is 3.28. The standard InChI is InChI=1S/C11H13NO6S2/c13-11(14)8-2-1-3-9(6-8)12-20(17,18)10-4-5-19(15,16)7-10/h1-3,6,10,12H,4-5,7H2,(H,13,14). The Balaban J connectivity index is 2.21. The number of nitrogens with one attached hydrogen (secondary N) is 1. The average molecular weight is 319 g/mol. The summed E-state index contributed by atoms with van der Waals surface area (Å²) in [6, 6.07) is 5.34. The van der Waals surface area contributed by atoms with Crippen molar-refractivity contribution < 1.29 is 26.7 Å². The van der Waals surface area contributed by atoms with Crippen molar-refractivity contribution in [2.24, 2.45) is 0 Å². The number of sulfone groups is 1. The van der Waals surface area contributed by atoms with Crippen LogP contribution in [0.2, 0.25) is 0 Å². The molecule has 1 aromatic carbocycles. The first kappa shape index (κ1) is 14.8. The fourth-order valence-corrected chi connectivity index (χ4v) is 6.05. The summed E-state index contributed by atoms with van der Waals surface area (Å²) in [7, 11) is -7.15. The number of anilines is 1. The summed E-state index contributed by atoms with van der Waals surface area (Å²) in [6.45, 7) is 0. The van der Waals surface area contributed by atoms with Gasteiger partial charge in [0.2, 0.25) is 10.0 Å². The number of sulfonamides is 1. The van der Waals surface area contributed by atoms with E-state index in [-0.39, 0.29) is 23.4 Å². The Bertz CT molecular complexity index is 738. The molecule has 1 unspecified atom stereocenters. The molecule has 1 aliphatic heterocycles. The molecule has 0 spiro atoms. The maximum atomic E-state index is 12.0. The van der Waals surface area contributed by atoms with Crippen LogP contribution in [0.15, 0.2) is 24.3 Å². The highest BCUT2D eigenvalue weighted by atomic mass is 32.2. The van der Waals surface area contributed by atoms with E-state index in [4.69, 9.17) is 5.11 Å². The summed E-state index contributed by atoms with van der Waals surface area (Å²) in [4.78, 5) is 10.8. The SMILES string of the molecule is O=C(O)c1cccc(NS(=O)(=O)C2CCS(=O)(=O)C2)c1. The molecule has 0 amide bonds. The van der Waals surface area contributed by atoms with Gasteiger partial charge >= 0.3 is 5.97 Å². The number of carboxylic acid groups (broad SMARTS) is 1. The highest BCUT2D eigenvalue weighted by Gasteiger charge is 2.37. The second-order valence-electron chi connectivity index (χ2n) is 4.56. The van der Waals surface area contributed by atoms with Gasteiger partial charge in [0.15, 0.2) is 9.84 Å². The molecule has 2 rings (SSSR count). The van der Waals surface area contributed by atoms with Gasteiger partial charge in [-0.05, 0) is 24.6 Å². The highest BCUT2D eigenvalue weighted by Crippen LogP contribution is 2.22. The summed E-state index contributed by atoms with van der Waals surface area (Å²) in [6.07, 6.45) is 0.0519. The van der Waals surface area contributed by atoms with Gasteiger partial charge in [0.1, 0.15) is 0 Å². The van der Waals surface area contributed by atoms with E-state index in [9.17, 15) is 21.6 Å². The second kappa shape index (κ2) is 5.06. The highest BCUT2D eigenvalue weighted by molar-refractivity contribution is 7.97. The lowest BCUT2D eigenvalue weighted by Crippen LogP contribution is -2.28. The fraction of sp³-hybridized carbons (Fsp3) is 0.364. The van der Waals surface area contributed by atoms with E-state index in [1.54, 1.807) is 0 Å². The van der Waals surface area contributed by atoms with Gasteiger partial charge in [0.25, 0.3) is 0 Å². The van der Waals surface area contributed by atoms with Crippen LogP contribution in [0, 0.1) is 0 Å². The molecule has 0 aromatic heterocycles. The summed E-state index contributed by atoms with van der Waals surface area (Å²) in [5.74, 6) is -1.72. The van der Waals surface area contributed by atoms with E-state index >= 15 is 0 Å². The molecule has 0 bridgehead atoms. The Morgan fingerprint density at radius 3 is 2.60 bits per heavy atom. The van der Waals surface area contributed by atoms with Crippen molar-refractivity contribution in [2.45, 2.75) is 11.7 Å². The molecule has 1 aromatic rings. The molecule has 2 N–H and O–H groups in total. The zero-order chi connectivity index (χ0) is 15.0. The maximum absolute atomic E-state index is 12.0. The lowest BCUT2D eigenvalue weighted by molar-refractivity contribution is 0.0697. The molecule has 1 heterocycles. The molecule has 7 nitrogen and oxygen atoms in total. The van der Waals surface area contributed by atoms with E-state index in [0.29, 0.717) is 0 Å². The van der Waals surface area contributed by atoms with Gasteiger partial charge in [-0.3, -0.25) is 4.72 Å². The van der Waals surface area contributed by atoms with Gasteiger partial charge in [-0.15, -0.1) is 0 Å². The molecule has 0 radical (unpaired) electrons. The van der Waals surface area contributed by atoms with Crippen LogP contribution in [-0.2, 0) is 19.9 Å². The van der Waals surface area contributed by atoms with Crippen LogP contribution in [-0.4, -0.2) is 44.7 Å². The van der Waals surface area contributed by atoms with E-state index in [1.165, 1.54) is 24.3 Å². The lowest BCUT2D eigenvalue weighted by atomic mass is 10.2. The van der Waals surface area contributed by atoms with Crippen LogP contribution >= 0.6 is 0 Å². The number of aromatic carboxylic acids is 1. The van der Waals surface area contributed by atoms with Crippen LogP contribution in [0.3, 0.4) is 0 Å². The Kier molecular flexibility index (Phi) is 3.74. The van der Waals surface area contributed by atoms with Gasteiger partial charge in [0.05, 0.1) is 22.3 Å². The molecule has 9 heteroatoms. The van der Waals surface area contributed by atoms with E-state index in [0.717, 1.165) is 0 Å². The lowest BCUT2D eigenvalue weighted by Gasteiger charge is -2.12. The molecule has 1 saturated heterocycles. The predicted octanol–water partition coefficient (Wildman–Crippen LogP) is 0.314. The van der Waals surface area contributed by atoms with Crippen molar-refractivity contribution in [1.82, 2.24) is 0 Å². The van der Waals surface area contributed by atoms with Crippen LogP contribution in [0.25, 0.3) is 0 Å². The van der Waals surface area contributed by atoms with E-state index < -0.39 is 36.8 Å². The van der Waals surface area contributed by atoms with Gasteiger partial charge in [0, 0.05) is 5.69 Å². The molecular formula is C11H13NO6S2. The molecular weight excluding hydrogens is 306 g/mol. The quantitative estimate of drug-likeness (QED) is 0.825. The van der Waals surface area contributed by atoms with Gasteiger partial charge < -0.3 is 5.11 Å². The molecule has 20 heavy (non-hydrogen) atoms. The van der Waals surface area contributed by atoms with Crippen molar-refractivity contribution >= 4 is 31.5 Å². The Morgan fingerprint density at radius 2 is 2.05 bits per heavy atom. The molecule has 1 fully saturated rings. The smallest absolute Gasteiger partial charge is 0.335 e. The van der Waals surface area contributed by atoms with Crippen LogP contribution in [0.5, 0.6) is 0 Å². The van der Waals surface area contributed by atoms with Crippen molar-refractivity contribution in [1.29, 1.82) is 0 Å². The van der Waals surface area contributed by atoms with Crippen molar-refractivity contribution in [3.63, 3.8) is 0 Å². The zero-order valence-electron chi connectivity index (χ0n) is 10.3. The number of rotatable bonds is 4. The molecule has 1 atom stereocenters. The van der Waals surface area contributed by atoms with Crippen LogP contribution in [0.4, 0.5) is 5.69 Å². The first-order valence-electron chi connectivity index (χ1n) is 5.75. The zero-order valence-corrected chi connectivity index (χ0v) is 11.9. The largest absolute Gasteiger partial charge is 0.478 e. The Morgan fingerprint density at radius 1 is 1.35 bits per heavy atom. The number of hydrogen-bond donors (Lipinski definition) is 2. The first-order chi connectivity index (χ1) is 9.20. The molecule has 0 saturated carbocycles. The van der Waals surface area contributed by atoms with Gasteiger partial charge in [-0.1, -0.05) is 6.07 Å². The van der Waals surface area contributed by atoms with Crippen molar-refractivity contribution in [2.75, 3.05) is 16.2 Å². The molecule has 110 valence electrons. The van der Waals surface area contributed by atoms with Crippen LogP contribution in [0.1, 0.15) is 16.8 Å². The summed E-state index contributed by atoms with van der Waals surface area (Å²) >= 11 is 0. The normalized spacial score (nSPS) is 21.5. The third-order valence-corrected chi connectivity index (χ3v) is 6.78. The second-order valence-corrected chi connectivity index (χ2v) is 8.75. The number of hydrogen-bond acceptors (Lipinski definition) is 5. The Hall–Kier alpha value is -1.61. The minimum atomic E-state index is -3.85. The minimum Gasteiger partial charge on any atom is -0.478 e. The van der Waals surface area contributed by atoms with E-state index in [1.807, 2.05) is 0 Å². The molecule has 0 aliphatic carbocycles. The molecule has 1 aliphatic rings. The average Bonchev–Trinajstić information content (AvgIpc) is 2.70. The van der Waals surface area contributed by atoms with Crippen LogP contribution < -0.4 is 4.72 Å². The monoisotopic (exact) mass is 319 g/mol. The fourth-order valence-electron chi connectivity index (χ4n) is 1.97. The summed E-state index contributed by atoms with van der Waals surface area (Å²) < 4.78 is 49.0. The number of carboxylic acids is 1. The van der Waals surface area contributed by atoms with Crippen molar-refractivity contribution in [3.8, 4) is 0 Å². The van der Waals surface area contributed by atoms with Gasteiger partial charge in [-0.2, -0.15) is 0 Å². The van der Waals surface area contributed by atoms with E-state index in [2.05, 4.69) is 4.72 Å². The minimum absolute atomic E-state index is 0.0516. The van der Waals surface area contributed by atoms with Crippen molar-refractivity contribution in [3.05, 3.63) is 29.8 Å². The predicted molar refractivity (Wildman–Crippen MR) is 73.0 cm³/mol. The number of benzene rings is 1. The van der Waals surface area contributed by atoms with Gasteiger partial charge in [-0.25, -0.2) is 21.6 Å². The summed E-state index contributed by atoms with van der Waals surface area (Å²) in [5.41, 5.74) is 0.0541. The summed E-state index contributed by atoms with van der Waals surface area (Å²) in [5, 5.41) is 7.83. The number of carbonyl (C=O) groups is 1. The maximum Gasteiger partial charge on any atom is 0.335 e. The Labute approximate surface area is 116 Å². The third-order valence-electron chi connectivity index (χ3n) is 3.00.